The molecule has 2 N–H and O–H groups in total. The molecule has 1 atom stereocenters. The average molecular weight is 229 g/mol. The fraction of sp³-hybridized carbons (Fsp3) is 0.357. The summed E-state index contributed by atoms with van der Waals surface area (Å²) in [6.45, 7) is 4.17. The summed E-state index contributed by atoms with van der Waals surface area (Å²) in [6, 6.07) is 8.42. The maximum absolute atomic E-state index is 5.96. The van der Waals surface area contributed by atoms with Crippen LogP contribution in [-0.2, 0) is 6.42 Å². The summed E-state index contributed by atoms with van der Waals surface area (Å²) in [5.41, 5.74) is 9.55. The number of hydrogen-bond donors (Lipinski definition) is 1. The minimum Gasteiger partial charge on any atom is -0.323 e. The Kier molecular flexibility index (Phi) is 3.59. The summed E-state index contributed by atoms with van der Waals surface area (Å²) in [4.78, 5) is 4.20. The molecule has 0 aliphatic heterocycles. The van der Waals surface area contributed by atoms with Crippen LogP contribution < -0.4 is 5.73 Å². The molecule has 0 saturated carbocycles. The van der Waals surface area contributed by atoms with Gasteiger partial charge in [0.2, 0.25) is 0 Å². The molecule has 0 spiro atoms. The molecule has 0 radical (unpaired) electrons. The third-order valence-electron chi connectivity index (χ3n) is 2.90. The number of hydrogen-bond acceptors (Lipinski definition) is 2. The summed E-state index contributed by atoms with van der Waals surface area (Å²) < 4.78 is 2.09. The van der Waals surface area contributed by atoms with Crippen molar-refractivity contribution in [1.82, 2.24) is 9.55 Å². The quantitative estimate of drug-likeness (QED) is 0.876. The normalized spacial score (nSPS) is 12.6. The average Bonchev–Trinajstić information content (AvgIpc) is 2.79. The smallest absolute Gasteiger partial charge is 0.0994 e. The van der Waals surface area contributed by atoms with Gasteiger partial charge in [0.1, 0.15) is 0 Å². The monoisotopic (exact) mass is 229 g/mol. The van der Waals surface area contributed by atoms with Crippen molar-refractivity contribution in [2.45, 2.75) is 32.7 Å². The SMILES string of the molecule is CCCc1ccccc1-n1cncc1C(C)N. The summed E-state index contributed by atoms with van der Waals surface area (Å²) in [5.74, 6) is 0. The molecule has 0 fully saturated rings. The lowest BCUT2D eigenvalue weighted by atomic mass is 10.1. The van der Waals surface area contributed by atoms with E-state index in [4.69, 9.17) is 5.73 Å². The Morgan fingerprint density at radius 1 is 1.35 bits per heavy atom. The first-order valence-corrected chi connectivity index (χ1v) is 6.10. The topological polar surface area (TPSA) is 43.8 Å². The van der Waals surface area contributed by atoms with Crippen molar-refractivity contribution in [1.29, 1.82) is 0 Å². The van der Waals surface area contributed by atoms with Crippen LogP contribution in [0.25, 0.3) is 5.69 Å². The van der Waals surface area contributed by atoms with Crippen LogP contribution in [0.5, 0.6) is 0 Å². The highest BCUT2D eigenvalue weighted by Crippen LogP contribution is 2.20. The van der Waals surface area contributed by atoms with E-state index in [1.54, 1.807) is 0 Å². The van der Waals surface area contributed by atoms with Crippen LogP contribution in [0.15, 0.2) is 36.8 Å². The van der Waals surface area contributed by atoms with Gasteiger partial charge in [-0.05, 0) is 25.0 Å². The van der Waals surface area contributed by atoms with Crippen molar-refractivity contribution < 1.29 is 0 Å². The van der Waals surface area contributed by atoms with Crippen molar-refractivity contribution in [2.24, 2.45) is 5.73 Å². The molecule has 2 rings (SSSR count). The van der Waals surface area contributed by atoms with Crippen LogP contribution in [0.1, 0.15) is 37.6 Å². The fourth-order valence-corrected chi connectivity index (χ4v) is 2.07. The number of imidazole rings is 1. The van der Waals surface area contributed by atoms with E-state index in [9.17, 15) is 0 Å². The lowest BCUT2D eigenvalue weighted by molar-refractivity contribution is 0.747. The van der Waals surface area contributed by atoms with Gasteiger partial charge < -0.3 is 10.3 Å². The number of aryl methyl sites for hydroxylation is 1. The van der Waals surface area contributed by atoms with Gasteiger partial charge in [-0.1, -0.05) is 31.5 Å². The van der Waals surface area contributed by atoms with Crippen LogP contribution in [0, 0.1) is 0 Å². The first-order valence-electron chi connectivity index (χ1n) is 6.10. The van der Waals surface area contributed by atoms with Crippen LogP contribution in [-0.4, -0.2) is 9.55 Å². The van der Waals surface area contributed by atoms with Crippen molar-refractivity contribution >= 4 is 0 Å². The summed E-state index contributed by atoms with van der Waals surface area (Å²) in [7, 11) is 0. The van der Waals surface area contributed by atoms with E-state index in [0.717, 1.165) is 18.5 Å². The molecule has 1 heterocycles. The molecule has 1 unspecified atom stereocenters. The predicted molar refractivity (Wildman–Crippen MR) is 70.2 cm³/mol. The van der Waals surface area contributed by atoms with Gasteiger partial charge in [0, 0.05) is 6.04 Å². The van der Waals surface area contributed by atoms with Gasteiger partial charge in [0.15, 0.2) is 0 Å². The van der Waals surface area contributed by atoms with E-state index in [1.165, 1.54) is 11.3 Å². The maximum Gasteiger partial charge on any atom is 0.0994 e. The number of para-hydroxylation sites is 1. The molecule has 3 nitrogen and oxygen atoms in total. The Balaban J connectivity index is 2.48. The summed E-state index contributed by atoms with van der Waals surface area (Å²) >= 11 is 0. The van der Waals surface area contributed by atoms with Gasteiger partial charge in [-0.15, -0.1) is 0 Å². The number of nitrogens with zero attached hydrogens (tertiary/aromatic N) is 2. The Morgan fingerprint density at radius 3 is 2.82 bits per heavy atom. The second-order valence-corrected chi connectivity index (χ2v) is 4.36. The third kappa shape index (κ3) is 2.39. The second-order valence-electron chi connectivity index (χ2n) is 4.36. The van der Waals surface area contributed by atoms with E-state index < -0.39 is 0 Å². The molecule has 0 aliphatic rings. The first kappa shape index (κ1) is 11.9. The van der Waals surface area contributed by atoms with E-state index in [-0.39, 0.29) is 6.04 Å². The molecule has 0 saturated heterocycles. The Morgan fingerprint density at radius 2 is 2.12 bits per heavy atom. The molecule has 0 bridgehead atoms. The maximum atomic E-state index is 5.96. The summed E-state index contributed by atoms with van der Waals surface area (Å²) in [5, 5.41) is 0. The van der Waals surface area contributed by atoms with Crippen LogP contribution in [0.3, 0.4) is 0 Å². The van der Waals surface area contributed by atoms with Crippen molar-refractivity contribution in [3.05, 3.63) is 48.0 Å². The Labute approximate surface area is 102 Å². The van der Waals surface area contributed by atoms with E-state index >= 15 is 0 Å². The van der Waals surface area contributed by atoms with Crippen LogP contribution in [0.4, 0.5) is 0 Å². The highest BCUT2D eigenvalue weighted by Gasteiger charge is 2.10. The van der Waals surface area contributed by atoms with Gasteiger partial charge in [0.25, 0.3) is 0 Å². The molecular weight excluding hydrogens is 210 g/mol. The van der Waals surface area contributed by atoms with Crippen LogP contribution >= 0.6 is 0 Å². The second kappa shape index (κ2) is 5.15. The molecule has 3 heteroatoms. The Bertz CT molecular complexity index is 486. The van der Waals surface area contributed by atoms with Gasteiger partial charge in [0.05, 0.1) is 23.9 Å². The molecule has 90 valence electrons. The zero-order valence-electron chi connectivity index (χ0n) is 10.4. The van der Waals surface area contributed by atoms with Gasteiger partial charge in [-0.25, -0.2) is 4.98 Å². The molecule has 1 aromatic carbocycles. The highest BCUT2D eigenvalue weighted by molar-refractivity contribution is 5.42. The number of benzene rings is 1. The van der Waals surface area contributed by atoms with Crippen LogP contribution in [0.2, 0.25) is 0 Å². The van der Waals surface area contributed by atoms with Gasteiger partial charge in [-0.2, -0.15) is 0 Å². The van der Waals surface area contributed by atoms with E-state index in [0.29, 0.717) is 0 Å². The Hall–Kier alpha value is -1.61. The molecular formula is C14H19N3. The van der Waals surface area contributed by atoms with E-state index in [1.807, 2.05) is 19.4 Å². The third-order valence-corrected chi connectivity index (χ3v) is 2.90. The fourth-order valence-electron chi connectivity index (χ4n) is 2.07. The molecule has 17 heavy (non-hydrogen) atoms. The van der Waals surface area contributed by atoms with Gasteiger partial charge >= 0.3 is 0 Å². The molecule has 1 aromatic heterocycles. The summed E-state index contributed by atoms with van der Waals surface area (Å²) in [6.07, 6.45) is 5.90. The standard InChI is InChI=1S/C14H19N3/c1-3-6-12-7-4-5-8-13(12)17-10-16-9-14(17)11(2)15/h4-5,7-11H,3,6,15H2,1-2H3. The zero-order chi connectivity index (χ0) is 12.3. The minimum atomic E-state index is -0.00724. The number of nitrogens with two attached hydrogens (primary N) is 1. The van der Waals surface area contributed by atoms with Crippen molar-refractivity contribution in [3.63, 3.8) is 0 Å². The largest absolute Gasteiger partial charge is 0.323 e. The van der Waals surface area contributed by atoms with Crippen molar-refractivity contribution in [3.8, 4) is 5.69 Å². The molecule has 0 aliphatic carbocycles. The lowest BCUT2D eigenvalue weighted by Crippen LogP contribution is -2.11. The molecule has 2 aromatic rings. The van der Waals surface area contributed by atoms with Crippen molar-refractivity contribution in [2.75, 3.05) is 0 Å². The molecule has 0 amide bonds. The zero-order valence-corrected chi connectivity index (χ0v) is 10.4. The lowest BCUT2D eigenvalue weighted by Gasteiger charge is -2.14. The number of rotatable bonds is 4. The predicted octanol–water partition coefficient (Wildman–Crippen LogP) is 2.84. The first-order chi connectivity index (χ1) is 8.24. The van der Waals surface area contributed by atoms with Gasteiger partial charge in [-0.3, -0.25) is 0 Å². The van der Waals surface area contributed by atoms with E-state index in [2.05, 4.69) is 40.7 Å². The number of aromatic nitrogens is 2. The highest BCUT2D eigenvalue weighted by atomic mass is 15.1. The minimum absolute atomic E-state index is 0.00724.